The Balaban J connectivity index is 2.95. The average molecular weight is 185 g/mol. The normalized spacial score (nSPS) is 10.0. The van der Waals surface area contributed by atoms with Crippen LogP contribution in [0.4, 0.5) is 0 Å². The van der Waals surface area contributed by atoms with Crippen LogP contribution in [-0.2, 0) is 9.53 Å². The number of methoxy groups -OCH3 is 1. The maximum absolute atomic E-state index is 10.7. The van der Waals surface area contributed by atoms with Gasteiger partial charge in [0.05, 0.1) is 13.5 Å². The van der Waals surface area contributed by atoms with Gasteiger partial charge in [-0.15, -0.1) is 0 Å². The zero-order valence-corrected chi connectivity index (χ0v) is 8.84. The summed E-state index contributed by atoms with van der Waals surface area (Å²) >= 11 is 0. The number of esters is 1. The van der Waals surface area contributed by atoms with Crippen molar-refractivity contribution in [2.45, 2.75) is 51.9 Å². The minimum absolute atomic E-state index is 0.200. The molecular formula is C11H21O2. The lowest BCUT2D eigenvalue weighted by atomic mass is 10.1. The van der Waals surface area contributed by atoms with E-state index in [0.29, 0.717) is 0 Å². The molecule has 2 heteroatoms. The number of ether oxygens (including phenoxy) is 1. The van der Waals surface area contributed by atoms with Gasteiger partial charge in [-0.3, -0.25) is 4.79 Å². The number of carbonyl (C=O) groups is 1. The van der Waals surface area contributed by atoms with Crippen molar-refractivity contribution in [1.82, 2.24) is 0 Å². The van der Waals surface area contributed by atoms with E-state index >= 15 is 0 Å². The Labute approximate surface area is 81.7 Å². The van der Waals surface area contributed by atoms with E-state index in [2.05, 4.69) is 11.7 Å². The van der Waals surface area contributed by atoms with Crippen molar-refractivity contribution in [2.24, 2.45) is 0 Å². The molecule has 0 aliphatic carbocycles. The number of rotatable bonds is 8. The zero-order valence-electron chi connectivity index (χ0n) is 8.84. The quantitative estimate of drug-likeness (QED) is 0.429. The second-order valence-corrected chi connectivity index (χ2v) is 3.28. The third-order valence-corrected chi connectivity index (χ3v) is 2.07. The van der Waals surface area contributed by atoms with Crippen molar-refractivity contribution in [3.8, 4) is 0 Å². The van der Waals surface area contributed by atoms with Crippen LogP contribution in [0.3, 0.4) is 0 Å². The van der Waals surface area contributed by atoms with E-state index in [9.17, 15) is 4.79 Å². The Morgan fingerprint density at radius 2 is 1.77 bits per heavy atom. The Morgan fingerprint density at radius 1 is 1.15 bits per heavy atom. The molecule has 1 radical (unpaired) electrons. The molecule has 0 fully saturated rings. The molecular weight excluding hydrogens is 164 g/mol. The molecule has 0 rings (SSSR count). The SMILES string of the molecule is CCCCCCCC[CH]C(=O)OC. The summed E-state index contributed by atoms with van der Waals surface area (Å²) in [5.74, 6) is -0.200. The first-order valence-corrected chi connectivity index (χ1v) is 5.22. The van der Waals surface area contributed by atoms with Gasteiger partial charge in [0.25, 0.3) is 0 Å². The molecule has 0 aromatic carbocycles. The molecule has 0 saturated heterocycles. The minimum atomic E-state index is -0.200. The summed E-state index contributed by atoms with van der Waals surface area (Å²) in [6, 6.07) is 0. The molecule has 0 bridgehead atoms. The average Bonchev–Trinajstić information content (AvgIpc) is 2.16. The predicted molar refractivity (Wildman–Crippen MR) is 54.3 cm³/mol. The molecule has 0 atom stereocenters. The van der Waals surface area contributed by atoms with Gasteiger partial charge in [-0.25, -0.2) is 0 Å². The van der Waals surface area contributed by atoms with Gasteiger partial charge in [0.15, 0.2) is 0 Å². The number of hydrogen-bond donors (Lipinski definition) is 0. The first kappa shape index (κ1) is 12.5. The van der Waals surface area contributed by atoms with Crippen LogP contribution in [0.15, 0.2) is 0 Å². The van der Waals surface area contributed by atoms with E-state index in [1.54, 1.807) is 6.42 Å². The number of unbranched alkanes of at least 4 members (excludes halogenated alkanes) is 6. The molecule has 77 valence electrons. The molecule has 0 saturated carbocycles. The third-order valence-electron chi connectivity index (χ3n) is 2.07. The van der Waals surface area contributed by atoms with Gasteiger partial charge in [0.1, 0.15) is 0 Å². The molecule has 0 aliphatic rings. The van der Waals surface area contributed by atoms with Crippen molar-refractivity contribution in [2.75, 3.05) is 7.11 Å². The highest BCUT2D eigenvalue weighted by molar-refractivity contribution is 5.78. The first-order chi connectivity index (χ1) is 6.31. The molecule has 0 aromatic heterocycles. The van der Waals surface area contributed by atoms with Crippen molar-refractivity contribution >= 4 is 5.97 Å². The minimum Gasteiger partial charge on any atom is -0.469 e. The number of carbonyl (C=O) groups excluding carboxylic acids is 1. The van der Waals surface area contributed by atoms with E-state index in [1.165, 1.54) is 39.2 Å². The van der Waals surface area contributed by atoms with E-state index < -0.39 is 0 Å². The standard InChI is InChI=1S/C11H21O2/c1-3-4-5-6-7-8-9-10-11(12)13-2/h10H,3-9H2,1-2H3. The summed E-state index contributed by atoms with van der Waals surface area (Å²) in [5.41, 5.74) is 0. The second kappa shape index (κ2) is 9.56. The molecule has 0 amide bonds. The monoisotopic (exact) mass is 185 g/mol. The van der Waals surface area contributed by atoms with Crippen molar-refractivity contribution in [3.05, 3.63) is 6.42 Å². The molecule has 13 heavy (non-hydrogen) atoms. The second-order valence-electron chi connectivity index (χ2n) is 3.28. The van der Waals surface area contributed by atoms with Crippen LogP contribution in [0.5, 0.6) is 0 Å². The lowest BCUT2D eigenvalue weighted by molar-refractivity contribution is -0.136. The van der Waals surface area contributed by atoms with Crippen LogP contribution in [0.1, 0.15) is 51.9 Å². The molecule has 0 heterocycles. The fourth-order valence-corrected chi connectivity index (χ4v) is 1.23. The molecule has 0 aromatic rings. The smallest absolute Gasteiger partial charge is 0.309 e. The van der Waals surface area contributed by atoms with Crippen LogP contribution < -0.4 is 0 Å². The van der Waals surface area contributed by atoms with Gasteiger partial charge < -0.3 is 4.74 Å². The van der Waals surface area contributed by atoms with Gasteiger partial charge in [0, 0.05) is 0 Å². The van der Waals surface area contributed by atoms with Crippen molar-refractivity contribution in [1.29, 1.82) is 0 Å². The van der Waals surface area contributed by atoms with Gasteiger partial charge in [-0.05, 0) is 6.42 Å². The highest BCUT2D eigenvalue weighted by Crippen LogP contribution is 2.07. The Bertz CT molecular complexity index is 121. The highest BCUT2D eigenvalue weighted by Gasteiger charge is 1.99. The molecule has 0 aliphatic heterocycles. The maximum atomic E-state index is 10.7. The summed E-state index contributed by atoms with van der Waals surface area (Å²) in [5, 5.41) is 0. The Kier molecular flexibility index (Phi) is 9.17. The fourth-order valence-electron chi connectivity index (χ4n) is 1.23. The van der Waals surface area contributed by atoms with Gasteiger partial charge >= 0.3 is 5.97 Å². The third kappa shape index (κ3) is 9.38. The van der Waals surface area contributed by atoms with Crippen LogP contribution in [0.2, 0.25) is 0 Å². The van der Waals surface area contributed by atoms with Crippen LogP contribution in [0.25, 0.3) is 0 Å². The van der Waals surface area contributed by atoms with Crippen molar-refractivity contribution < 1.29 is 9.53 Å². The zero-order chi connectivity index (χ0) is 9.94. The van der Waals surface area contributed by atoms with E-state index in [4.69, 9.17) is 0 Å². The summed E-state index contributed by atoms with van der Waals surface area (Å²) in [4.78, 5) is 10.7. The summed E-state index contributed by atoms with van der Waals surface area (Å²) in [7, 11) is 1.42. The van der Waals surface area contributed by atoms with E-state index in [-0.39, 0.29) is 5.97 Å². The van der Waals surface area contributed by atoms with Gasteiger partial charge in [-0.1, -0.05) is 45.4 Å². The maximum Gasteiger partial charge on any atom is 0.309 e. The lowest BCUT2D eigenvalue weighted by Crippen LogP contribution is -2.00. The predicted octanol–water partition coefficient (Wildman–Crippen LogP) is 3.11. The molecule has 0 unspecified atom stereocenters. The largest absolute Gasteiger partial charge is 0.469 e. The van der Waals surface area contributed by atoms with Crippen LogP contribution in [-0.4, -0.2) is 13.1 Å². The summed E-state index contributed by atoms with van der Waals surface area (Å²) < 4.78 is 4.50. The lowest BCUT2D eigenvalue weighted by Gasteiger charge is -1.99. The molecule has 0 N–H and O–H groups in total. The Hall–Kier alpha value is -0.530. The van der Waals surface area contributed by atoms with Crippen LogP contribution in [0, 0.1) is 6.42 Å². The highest BCUT2D eigenvalue weighted by atomic mass is 16.5. The van der Waals surface area contributed by atoms with E-state index in [1.807, 2.05) is 0 Å². The van der Waals surface area contributed by atoms with Gasteiger partial charge in [0.2, 0.25) is 0 Å². The fraction of sp³-hybridized carbons (Fsp3) is 0.818. The molecule has 0 spiro atoms. The van der Waals surface area contributed by atoms with Crippen molar-refractivity contribution in [3.63, 3.8) is 0 Å². The van der Waals surface area contributed by atoms with Crippen LogP contribution >= 0.6 is 0 Å². The van der Waals surface area contributed by atoms with Gasteiger partial charge in [-0.2, -0.15) is 0 Å². The summed E-state index contributed by atoms with van der Waals surface area (Å²) in [6.07, 6.45) is 10.1. The Morgan fingerprint density at radius 3 is 2.38 bits per heavy atom. The topological polar surface area (TPSA) is 26.3 Å². The summed E-state index contributed by atoms with van der Waals surface area (Å²) in [6.45, 7) is 2.21. The van der Waals surface area contributed by atoms with E-state index in [0.717, 1.165) is 12.8 Å². The first-order valence-electron chi connectivity index (χ1n) is 5.22. The number of hydrogen-bond acceptors (Lipinski definition) is 2. The molecule has 2 nitrogen and oxygen atoms in total.